The Morgan fingerprint density at radius 1 is 1.18 bits per heavy atom. The molecule has 1 aromatic rings. The zero-order valence-electron chi connectivity index (χ0n) is 13.4. The van der Waals surface area contributed by atoms with Gasteiger partial charge in [-0.05, 0) is 31.0 Å². The lowest BCUT2D eigenvalue weighted by Gasteiger charge is -2.22. The number of hydrogen-bond acceptors (Lipinski definition) is 3. The first kappa shape index (κ1) is 16.5. The molecule has 5 nitrogen and oxygen atoms in total. The topological polar surface area (TPSA) is 61.4 Å². The summed E-state index contributed by atoms with van der Waals surface area (Å²) in [5.74, 6) is -0.142. The normalized spacial score (nSPS) is 15.4. The van der Waals surface area contributed by atoms with Gasteiger partial charge in [0, 0.05) is 31.4 Å². The third-order valence-electron chi connectivity index (χ3n) is 3.96. The van der Waals surface area contributed by atoms with Gasteiger partial charge in [-0.25, -0.2) is 0 Å². The van der Waals surface area contributed by atoms with Crippen molar-refractivity contribution in [3.05, 3.63) is 29.8 Å². The maximum Gasteiger partial charge on any atom is 0.253 e. The molecule has 0 saturated heterocycles. The molecule has 22 heavy (non-hydrogen) atoms. The SMILES string of the molecule is CN(C)C(=O)c1cccc(NC(=O)CNC2CCCCC2)c1. The number of rotatable bonds is 5. The first-order valence-electron chi connectivity index (χ1n) is 7.91. The number of carbonyl (C=O) groups is 2. The van der Waals surface area contributed by atoms with Crippen LogP contribution in [-0.4, -0.2) is 43.4 Å². The van der Waals surface area contributed by atoms with Crippen LogP contribution < -0.4 is 10.6 Å². The van der Waals surface area contributed by atoms with Gasteiger partial charge in [-0.3, -0.25) is 9.59 Å². The molecule has 1 aliphatic rings. The van der Waals surface area contributed by atoms with Crippen molar-refractivity contribution in [2.75, 3.05) is 26.0 Å². The second kappa shape index (κ2) is 7.94. The third-order valence-corrected chi connectivity index (χ3v) is 3.96. The number of carbonyl (C=O) groups excluding carboxylic acids is 2. The molecule has 1 aromatic carbocycles. The molecule has 120 valence electrons. The molecule has 2 rings (SSSR count). The van der Waals surface area contributed by atoms with E-state index in [4.69, 9.17) is 0 Å². The Morgan fingerprint density at radius 3 is 2.59 bits per heavy atom. The Labute approximate surface area is 132 Å². The van der Waals surface area contributed by atoms with Crippen LogP contribution in [0, 0.1) is 0 Å². The summed E-state index contributed by atoms with van der Waals surface area (Å²) in [5.41, 5.74) is 1.23. The average Bonchev–Trinajstić information content (AvgIpc) is 2.53. The van der Waals surface area contributed by atoms with Gasteiger partial charge in [0.1, 0.15) is 0 Å². The van der Waals surface area contributed by atoms with Crippen molar-refractivity contribution < 1.29 is 9.59 Å². The maximum absolute atomic E-state index is 12.0. The summed E-state index contributed by atoms with van der Waals surface area (Å²) in [6.45, 7) is 0.316. The summed E-state index contributed by atoms with van der Waals surface area (Å²) >= 11 is 0. The van der Waals surface area contributed by atoms with Crippen molar-refractivity contribution in [3.8, 4) is 0 Å². The minimum atomic E-state index is -0.0728. The Hall–Kier alpha value is -1.88. The van der Waals surface area contributed by atoms with Crippen LogP contribution in [-0.2, 0) is 4.79 Å². The summed E-state index contributed by atoms with van der Waals surface area (Å²) in [6.07, 6.45) is 6.10. The highest BCUT2D eigenvalue weighted by Crippen LogP contribution is 2.17. The van der Waals surface area contributed by atoms with Crippen LogP contribution in [0.3, 0.4) is 0 Å². The van der Waals surface area contributed by atoms with Crippen molar-refractivity contribution in [1.29, 1.82) is 0 Å². The molecule has 0 atom stereocenters. The van der Waals surface area contributed by atoms with Crippen LogP contribution >= 0.6 is 0 Å². The summed E-state index contributed by atoms with van der Waals surface area (Å²) in [4.78, 5) is 25.4. The van der Waals surface area contributed by atoms with E-state index in [0.29, 0.717) is 23.8 Å². The fourth-order valence-electron chi connectivity index (χ4n) is 2.74. The largest absolute Gasteiger partial charge is 0.345 e. The first-order chi connectivity index (χ1) is 10.6. The fraction of sp³-hybridized carbons (Fsp3) is 0.529. The average molecular weight is 303 g/mol. The van der Waals surface area contributed by atoms with E-state index in [1.807, 2.05) is 0 Å². The Morgan fingerprint density at radius 2 is 1.91 bits per heavy atom. The van der Waals surface area contributed by atoms with Gasteiger partial charge in [0.25, 0.3) is 5.91 Å². The van der Waals surface area contributed by atoms with E-state index in [9.17, 15) is 9.59 Å². The quantitative estimate of drug-likeness (QED) is 0.877. The summed E-state index contributed by atoms with van der Waals surface area (Å²) in [7, 11) is 3.42. The van der Waals surface area contributed by atoms with E-state index in [1.165, 1.54) is 24.2 Å². The van der Waals surface area contributed by atoms with Gasteiger partial charge >= 0.3 is 0 Å². The standard InChI is InChI=1S/C17H25N3O2/c1-20(2)17(22)13-7-6-10-15(11-13)19-16(21)12-18-14-8-4-3-5-9-14/h6-7,10-11,14,18H,3-5,8-9,12H2,1-2H3,(H,19,21). The van der Waals surface area contributed by atoms with Gasteiger partial charge in [0.15, 0.2) is 0 Å². The minimum absolute atomic E-state index is 0.0694. The van der Waals surface area contributed by atoms with Crippen molar-refractivity contribution in [3.63, 3.8) is 0 Å². The molecule has 0 spiro atoms. The summed E-state index contributed by atoms with van der Waals surface area (Å²) in [5, 5.41) is 6.15. The molecule has 1 fully saturated rings. The monoisotopic (exact) mass is 303 g/mol. The Kier molecular flexibility index (Phi) is 5.95. The van der Waals surface area contributed by atoms with E-state index in [-0.39, 0.29) is 11.8 Å². The number of nitrogens with zero attached hydrogens (tertiary/aromatic N) is 1. The van der Waals surface area contributed by atoms with Crippen LogP contribution in [0.15, 0.2) is 24.3 Å². The van der Waals surface area contributed by atoms with Gasteiger partial charge in [-0.15, -0.1) is 0 Å². The predicted octanol–water partition coefficient (Wildman–Crippen LogP) is 2.25. The van der Waals surface area contributed by atoms with E-state index in [2.05, 4.69) is 10.6 Å². The Bertz CT molecular complexity index is 522. The smallest absolute Gasteiger partial charge is 0.253 e. The maximum atomic E-state index is 12.0. The number of nitrogens with one attached hydrogen (secondary N) is 2. The fourth-order valence-corrected chi connectivity index (χ4v) is 2.74. The lowest BCUT2D eigenvalue weighted by Crippen LogP contribution is -2.37. The number of amides is 2. The lowest BCUT2D eigenvalue weighted by atomic mass is 9.95. The van der Waals surface area contributed by atoms with Crippen LogP contribution in [0.1, 0.15) is 42.5 Å². The van der Waals surface area contributed by atoms with Gasteiger partial charge in [0.05, 0.1) is 6.54 Å². The molecule has 0 aliphatic heterocycles. The lowest BCUT2D eigenvalue weighted by molar-refractivity contribution is -0.115. The van der Waals surface area contributed by atoms with Gasteiger partial charge in [0.2, 0.25) is 5.91 Å². The zero-order chi connectivity index (χ0) is 15.9. The molecule has 0 radical (unpaired) electrons. The molecular formula is C17H25N3O2. The van der Waals surface area contributed by atoms with Gasteiger partial charge < -0.3 is 15.5 Å². The van der Waals surface area contributed by atoms with Crippen molar-refractivity contribution in [2.24, 2.45) is 0 Å². The second-order valence-electron chi connectivity index (χ2n) is 6.04. The zero-order valence-corrected chi connectivity index (χ0v) is 13.4. The minimum Gasteiger partial charge on any atom is -0.345 e. The highest BCUT2D eigenvalue weighted by Gasteiger charge is 2.14. The molecule has 2 N–H and O–H groups in total. The van der Waals surface area contributed by atoms with Gasteiger partial charge in [-0.1, -0.05) is 25.3 Å². The van der Waals surface area contributed by atoms with E-state index < -0.39 is 0 Å². The Balaban J connectivity index is 1.85. The molecule has 0 bridgehead atoms. The molecule has 2 amide bonds. The van der Waals surface area contributed by atoms with E-state index in [0.717, 1.165) is 12.8 Å². The molecule has 1 aliphatic carbocycles. The summed E-state index contributed by atoms with van der Waals surface area (Å²) < 4.78 is 0. The molecule has 0 unspecified atom stereocenters. The molecule has 5 heteroatoms. The molecular weight excluding hydrogens is 278 g/mol. The summed E-state index contributed by atoms with van der Waals surface area (Å²) in [6, 6.07) is 7.49. The van der Waals surface area contributed by atoms with Crippen LogP contribution in [0.5, 0.6) is 0 Å². The first-order valence-corrected chi connectivity index (χ1v) is 7.91. The van der Waals surface area contributed by atoms with Gasteiger partial charge in [-0.2, -0.15) is 0 Å². The van der Waals surface area contributed by atoms with Crippen molar-refractivity contribution in [1.82, 2.24) is 10.2 Å². The highest BCUT2D eigenvalue weighted by molar-refractivity contribution is 5.97. The van der Waals surface area contributed by atoms with Crippen LogP contribution in [0.25, 0.3) is 0 Å². The molecule has 0 heterocycles. The van der Waals surface area contributed by atoms with Crippen molar-refractivity contribution >= 4 is 17.5 Å². The van der Waals surface area contributed by atoms with E-state index in [1.54, 1.807) is 38.4 Å². The van der Waals surface area contributed by atoms with Crippen molar-refractivity contribution in [2.45, 2.75) is 38.1 Å². The molecule has 0 aromatic heterocycles. The number of hydrogen-bond donors (Lipinski definition) is 2. The number of benzene rings is 1. The molecule has 1 saturated carbocycles. The number of anilines is 1. The highest BCUT2D eigenvalue weighted by atomic mass is 16.2. The second-order valence-corrected chi connectivity index (χ2v) is 6.04. The van der Waals surface area contributed by atoms with E-state index >= 15 is 0 Å². The predicted molar refractivity (Wildman–Crippen MR) is 88.0 cm³/mol. The third kappa shape index (κ3) is 4.84. The van der Waals surface area contributed by atoms with Crippen LogP contribution in [0.2, 0.25) is 0 Å². The van der Waals surface area contributed by atoms with Crippen LogP contribution in [0.4, 0.5) is 5.69 Å².